The van der Waals surface area contributed by atoms with Gasteiger partial charge in [0.15, 0.2) is 5.78 Å². The molecule has 0 spiro atoms. The van der Waals surface area contributed by atoms with Gasteiger partial charge in [0.05, 0.1) is 6.42 Å². The van der Waals surface area contributed by atoms with Crippen LogP contribution in [0.2, 0.25) is 0 Å². The summed E-state index contributed by atoms with van der Waals surface area (Å²) in [4.78, 5) is 29.1. The number of rotatable bonds is 5. The van der Waals surface area contributed by atoms with Crippen LogP contribution in [-0.4, -0.2) is 53.7 Å². The molecular weight excluding hydrogens is 348 g/mol. The number of ketones is 1. The van der Waals surface area contributed by atoms with Crippen molar-refractivity contribution in [2.24, 2.45) is 0 Å². The predicted octanol–water partition coefficient (Wildman–Crippen LogP) is 3.64. The first-order valence-electron chi connectivity index (χ1n) is 9.67. The summed E-state index contributed by atoms with van der Waals surface area (Å²) in [6, 6.07) is 6.16. The number of Topliss-reactive ketones (excluding diaryl/α,β-unsaturated/α-hetero) is 1. The molecule has 0 unspecified atom stereocenters. The zero-order valence-corrected chi connectivity index (χ0v) is 16.8. The summed E-state index contributed by atoms with van der Waals surface area (Å²) in [5.41, 5.74) is 2.73. The molecule has 26 heavy (non-hydrogen) atoms. The molecular formula is C21H31ClN2O2. The first-order valence-corrected chi connectivity index (χ1v) is 9.67. The van der Waals surface area contributed by atoms with Gasteiger partial charge in [-0.15, -0.1) is 12.4 Å². The van der Waals surface area contributed by atoms with Crippen LogP contribution in [0.4, 0.5) is 0 Å². The number of amides is 1. The van der Waals surface area contributed by atoms with Gasteiger partial charge in [-0.2, -0.15) is 0 Å². The topological polar surface area (TPSA) is 40.6 Å². The van der Waals surface area contributed by atoms with Gasteiger partial charge in [0, 0.05) is 24.7 Å². The van der Waals surface area contributed by atoms with Crippen LogP contribution < -0.4 is 0 Å². The molecule has 0 aromatic heterocycles. The van der Waals surface area contributed by atoms with E-state index < -0.39 is 0 Å². The maximum absolute atomic E-state index is 12.9. The van der Waals surface area contributed by atoms with E-state index in [4.69, 9.17) is 0 Å². The third-order valence-corrected chi connectivity index (χ3v) is 5.64. The number of carbonyl (C=O) groups is 2. The van der Waals surface area contributed by atoms with Crippen LogP contribution >= 0.6 is 12.4 Å². The van der Waals surface area contributed by atoms with Crippen LogP contribution in [0.15, 0.2) is 18.2 Å². The van der Waals surface area contributed by atoms with Gasteiger partial charge >= 0.3 is 0 Å². The number of aryl methyl sites for hydroxylation is 1. The Morgan fingerprint density at radius 3 is 2.42 bits per heavy atom. The first kappa shape index (κ1) is 20.9. The Hall–Kier alpha value is -1.39. The van der Waals surface area contributed by atoms with Crippen molar-refractivity contribution < 1.29 is 9.59 Å². The van der Waals surface area contributed by atoms with E-state index in [9.17, 15) is 9.59 Å². The lowest BCUT2D eigenvalue weighted by Gasteiger charge is -2.38. The van der Waals surface area contributed by atoms with Crippen LogP contribution in [0.1, 0.15) is 60.5 Å². The molecule has 5 heteroatoms. The van der Waals surface area contributed by atoms with E-state index in [2.05, 4.69) is 9.80 Å². The van der Waals surface area contributed by atoms with Crippen molar-refractivity contribution in [3.63, 3.8) is 0 Å². The van der Waals surface area contributed by atoms with Gasteiger partial charge in [0.25, 0.3) is 0 Å². The van der Waals surface area contributed by atoms with E-state index in [0.717, 1.165) is 42.6 Å². The third-order valence-electron chi connectivity index (χ3n) is 5.64. The lowest BCUT2D eigenvalue weighted by molar-refractivity contribution is -0.134. The van der Waals surface area contributed by atoms with Crippen molar-refractivity contribution >= 4 is 24.1 Å². The molecule has 0 N–H and O–H groups in total. The molecule has 0 saturated carbocycles. The first-order chi connectivity index (χ1) is 12.0. The zero-order chi connectivity index (χ0) is 17.8. The van der Waals surface area contributed by atoms with E-state index in [1.54, 1.807) is 6.92 Å². The van der Waals surface area contributed by atoms with Gasteiger partial charge in [0.1, 0.15) is 0 Å². The van der Waals surface area contributed by atoms with Crippen LogP contribution in [0.3, 0.4) is 0 Å². The van der Waals surface area contributed by atoms with Gasteiger partial charge in [-0.1, -0.05) is 18.2 Å². The number of piperidine rings is 1. The fourth-order valence-corrected chi connectivity index (χ4v) is 4.29. The summed E-state index contributed by atoms with van der Waals surface area (Å²) < 4.78 is 0. The second-order valence-electron chi connectivity index (χ2n) is 7.63. The van der Waals surface area contributed by atoms with E-state index in [0.29, 0.717) is 12.5 Å². The van der Waals surface area contributed by atoms with Gasteiger partial charge in [-0.25, -0.2) is 0 Å². The highest BCUT2D eigenvalue weighted by atomic mass is 35.5. The molecule has 1 amide bonds. The summed E-state index contributed by atoms with van der Waals surface area (Å²) in [7, 11) is 0. The van der Waals surface area contributed by atoms with Crippen LogP contribution in [0.25, 0.3) is 0 Å². The zero-order valence-electron chi connectivity index (χ0n) is 16.0. The smallest absolute Gasteiger partial charge is 0.227 e. The molecule has 2 fully saturated rings. The molecule has 4 nitrogen and oxygen atoms in total. The Morgan fingerprint density at radius 1 is 1.08 bits per heavy atom. The summed E-state index contributed by atoms with van der Waals surface area (Å²) >= 11 is 0. The van der Waals surface area contributed by atoms with Gasteiger partial charge in [0.2, 0.25) is 5.91 Å². The van der Waals surface area contributed by atoms with Crippen molar-refractivity contribution in [2.45, 2.75) is 58.4 Å². The molecule has 0 radical (unpaired) electrons. The number of carbonyl (C=O) groups excluding carboxylic acids is 2. The number of halogens is 1. The summed E-state index contributed by atoms with van der Waals surface area (Å²) in [6.07, 6.45) is 6.50. The normalized spacial score (nSPS) is 20.7. The molecule has 2 aliphatic rings. The number of benzene rings is 1. The maximum atomic E-state index is 12.9. The highest BCUT2D eigenvalue weighted by Crippen LogP contribution is 2.22. The Morgan fingerprint density at radius 2 is 1.77 bits per heavy atom. The van der Waals surface area contributed by atoms with Crippen LogP contribution in [0.5, 0.6) is 0 Å². The van der Waals surface area contributed by atoms with Crippen molar-refractivity contribution in [1.29, 1.82) is 0 Å². The molecule has 1 aromatic rings. The average molecular weight is 379 g/mol. The predicted molar refractivity (Wildman–Crippen MR) is 107 cm³/mol. The fourth-order valence-electron chi connectivity index (χ4n) is 4.29. The number of nitrogens with zero attached hydrogens (tertiary/aromatic N) is 2. The minimum absolute atomic E-state index is 0. The van der Waals surface area contributed by atoms with E-state index in [-0.39, 0.29) is 24.1 Å². The Labute approximate surface area is 163 Å². The highest BCUT2D eigenvalue weighted by Gasteiger charge is 2.29. The largest absolute Gasteiger partial charge is 0.338 e. The minimum atomic E-state index is 0. The minimum Gasteiger partial charge on any atom is -0.338 e. The van der Waals surface area contributed by atoms with E-state index in [1.807, 2.05) is 25.1 Å². The molecule has 3 rings (SSSR count). The SMILES string of the molecule is CC(=O)c1ccc(CC(=O)N2CCCC[C@H]2CN2CCCC2)cc1C.Cl. The molecule has 0 bridgehead atoms. The molecule has 2 saturated heterocycles. The van der Waals surface area contributed by atoms with Crippen LogP contribution in [0, 0.1) is 6.92 Å². The molecule has 144 valence electrons. The average Bonchev–Trinajstić information content (AvgIpc) is 3.08. The Bertz CT molecular complexity index is 641. The monoisotopic (exact) mass is 378 g/mol. The van der Waals surface area contributed by atoms with Gasteiger partial charge < -0.3 is 9.80 Å². The fraction of sp³-hybridized carbons (Fsp3) is 0.619. The summed E-state index contributed by atoms with van der Waals surface area (Å²) in [5, 5.41) is 0. The Kier molecular flexibility index (Phi) is 7.66. The molecule has 0 aliphatic carbocycles. The number of likely N-dealkylation sites (tertiary alicyclic amines) is 2. The standard InChI is InChI=1S/C21H30N2O2.ClH/c1-16-13-18(8-9-20(16)17(2)24)14-21(25)23-12-4-3-7-19(23)15-22-10-5-6-11-22;/h8-9,13,19H,3-7,10-12,14-15H2,1-2H3;1H/t19-;/m0./s1. The summed E-state index contributed by atoms with van der Waals surface area (Å²) in [5.74, 6) is 0.316. The maximum Gasteiger partial charge on any atom is 0.227 e. The highest BCUT2D eigenvalue weighted by molar-refractivity contribution is 5.95. The third kappa shape index (κ3) is 5.08. The van der Waals surface area contributed by atoms with Crippen LogP contribution in [-0.2, 0) is 11.2 Å². The lowest BCUT2D eigenvalue weighted by atomic mass is 9.98. The van der Waals surface area contributed by atoms with Gasteiger partial charge in [-0.05, 0) is 70.2 Å². The second kappa shape index (κ2) is 9.52. The summed E-state index contributed by atoms with van der Waals surface area (Å²) in [6.45, 7) is 7.83. The quantitative estimate of drug-likeness (QED) is 0.734. The van der Waals surface area contributed by atoms with Crippen molar-refractivity contribution in [2.75, 3.05) is 26.2 Å². The van der Waals surface area contributed by atoms with E-state index >= 15 is 0 Å². The molecule has 1 aromatic carbocycles. The number of hydrogen-bond acceptors (Lipinski definition) is 3. The lowest BCUT2D eigenvalue weighted by Crippen LogP contribution is -2.49. The molecule has 2 heterocycles. The van der Waals surface area contributed by atoms with Gasteiger partial charge in [-0.3, -0.25) is 9.59 Å². The second-order valence-corrected chi connectivity index (χ2v) is 7.63. The van der Waals surface area contributed by atoms with Crippen molar-refractivity contribution in [3.8, 4) is 0 Å². The Balaban J connectivity index is 0.00000243. The van der Waals surface area contributed by atoms with Crippen molar-refractivity contribution in [1.82, 2.24) is 9.80 Å². The molecule has 2 aliphatic heterocycles. The van der Waals surface area contributed by atoms with Crippen molar-refractivity contribution in [3.05, 3.63) is 34.9 Å². The van der Waals surface area contributed by atoms with E-state index in [1.165, 1.54) is 32.4 Å². The number of hydrogen-bond donors (Lipinski definition) is 0. The molecule has 1 atom stereocenters.